The van der Waals surface area contributed by atoms with Crippen molar-refractivity contribution in [1.29, 1.82) is 0 Å². The van der Waals surface area contributed by atoms with E-state index in [1.165, 1.54) is 6.33 Å². The summed E-state index contributed by atoms with van der Waals surface area (Å²) in [5.41, 5.74) is 4.51. The van der Waals surface area contributed by atoms with Crippen LogP contribution in [0.25, 0.3) is 22.2 Å². The Kier molecular flexibility index (Phi) is 37.0. The number of aromatic amines is 1. The molecule has 3 aromatic rings. The Morgan fingerprint density at radius 1 is 0.886 bits per heavy atom. The SMILES string of the molecule is C/C=C\C.C=C/C=C/C.C=CC(=C)Cc1c[nH]c2c(-c3cncnc3)ncc(Cl)c12.CC.CC.CCN(C)CC.CN(C)C. The summed E-state index contributed by atoms with van der Waals surface area (Å²) in [5, 5.41) is 1.56. The number of nitrogens with one attached hydrogen (secondary N) is 1. The predicted molar refractivity (Wildman–Crippen MR) is 202 cm³/mol. The van der Waals surface area contributed by atoms with E-state index in [-0.39, 0.29) is 0 Å². The molecular weight excluding hydrogens is 564 g/mol. The van der Waals surface area contributed by atoms with Crippen LogP contribution in [0.15, 0.2) is 92.9 Å². The van der Waals surface area contributed by atoms with Gasteiger partial charge in [0.05, 0.1) is 16.2 Å². The number of hydrogen-bond acceptors (Lipinski definition) is 5. The van der Waals surface area contributed by atoms with Gasteiger partial charge in [0.2, 0.25) is 0 Å². The Balaban J connectivity index is -0.000000286. The van der Waals surface area contributed by atoms with Gasteiger partial charge in [-0.25, -0.2) is 9.97 Å². The number of allylic oxidation sites excluding steroid dienone is 7. The van der Waals surface area contributed by atoms with Crippen molar-refractivity contribution in [3.05, 3.63) is 103 Å². The number of aromatic nitrogens is 4. The zero-order chi connectivity index (χ0) is 34.9. The van der Waals surface area contributed by atoms with Crippen LogP contribution in [-0.4, -0.2) is 71.0 Å². The molecule has 0 saturated carbocycles. The Hall–Kier alpha value is -3.32. The summed E-state index contributed by atoms with van der Waals surface area (Å²) in [5.74, 6) is 0. The van der Waals surface area contributed by atoms with Crippen molar-refractivity contribution in [3.63, 3.8) is 0 Å². The number of fused-ring (bicyclic) bond motifs is 1. The largest absolute Gasteiger partial charge is 0.359 e. The van der Waals surface area contributed by atoms with Crippen molar-refractivity contribution in [1.82, 2.24) is 29.7 Å². The summed E-state index contributed by atoms with van der Waals surface area (Å²) in [6, 6.07) is 0. The normalized spacial score (nSPS) is 9.45. The third-order valence-corrected chi connectivity index (χ3v) is 5.31. The van der Waals surface area contributed by atoms with Crippen molar-refractivity contribution < 1.29 is 0 Å². The molecule has 7 heteroatoms. The topological polar surface area (TPSA) is 60.9 Å². The van der Waals surface area contributed by atoms with E-state index in [1.54, 1.807) is 30.7 Å². The van der Waals surface area contributed by atoms with Crippen LogP contribution >= 0.6 is 11.6 Å². The minimum Gasteiger partial charge on any atom is -0.359 e. The molecule has 0 aliphatic heterocycles. The fraction of sp³-hybridized carbons (Fsp3) is 0.432. The van der Waals surface area contributed by atoms with Crippen LogP contribution in [0.4, 0.5) is 0 Å². The molecule has 0 atom stereocenters. The van der Waals surface area contributed by atoms with Gasteiger partial charge in [0.1, 0.15) is 6.33 Å². The zero-order valence-electron chi connectivity index (χ0n) is 30.2. The van der Waals surface area contributed by atoms with Crippen LogP contribution in [0.2, 0.25) is 5.02 Å². The predicted octanol–water partition coefficient (Wildman–Crippen LogP) is 10.5. The molecule has 0 spiro atoms. The fourth-order valence-corrected chi connectivity index (χ4v) is 2.89. The Labute approximate surface area is 276 Å². The summed E-state index contributed by atoms with van der Waals surface area (Å²) in [7, 11) is 8.11. The lowest BCUT2D eigenvalue weighted by Crippen LogP contribution is -2.15. The number of nitrogens with zero attached hydrogens (tertiary/aromatic N) is 5. The maximum atomic E-state index is 6.32. The van der Waals surface area contributed by atoms with Crippen molar-refractivity contribution in [3.8, 4) is 11.3 Å². The molecule has 0 unspecified atom stereocenters. The van der Waals surface area contributed by atoms with Crippen LogP contribution in [-0.2, 0) is 6.42 Å². The van der Waals surface area contributed by atoms with Crippen molar-refractivity contribution >= 4 is 22.5 Å². The van der Waals surface area contributed by atoms with Gasteiger partial charge < -0.3 is 14.8 Å². The first kappa shape index (κ1) is 47.6. The van der Waals surface area contributed by atoms with E-state index in [2.05, 4.69) is 65.5 Å². The van der Waals surface area contributed by atoms with E-state index in [1.807, 2.05) is 105 Å². The van der Waals surface area contributed by atoms with Gasteiger partial charge in [0.25, 0.3) is 0 Å². The van der Waals surface area contributed by atoms with Crippen LogP contribution in [0, 0.1) is 0 Å². The van der Waals surface area contributed by atoms with Gasteiger partial charge in [-0.15, -0.1) is 0 Å². The lowest BCUT2D eigenvalue weighted by atomic mass is 10.0. The third-order valence-electron chi connectivity index (χ3n) is 5.03. The highest BCUT2D eigenvalue weighted by Crippen LogP contribution is 2.33. The number of pyridine rings is 1. The van der Waals surface area contributed by atoms with Crippen LogP contribution in [0.5, 0.6) is 0 Å². The highest BCUT2D eigenvalue weighted by Gasteiger charge is 2.14. The van der Waals surface area contributed by atoms with E-state index >= 15 is 0 Å². The number of rotatable bonds is 7. The van der Waals surface area contributed by atoms with Gasteiger partial charge in [0, 0.05) is 35.7 Å². The highest BCUT2D eigenvalue weighted by atomic mass is 35.5. The van der Waals surface area contributed by atoms with E-state index in [4.69, 9.17) is 11.6 Å². The van der Waals surface area contributed by atoms with Gasteiger partial charge in [-0.2, -0.15) is 0 Å². The third kappa shape index (κ3) is 24.2. The molecule has 0 bridgehead atoms. The Bertz CT molecular complexity index is 1140. The van der Waals surface area contributed by atoms with Crippen molar-refractivity contribution in [2.24, 2.45) is 0 Å². The smallest absolute Gasteiger partial charge is 0.115 e. The summed E-state index contributed by atoms with van der Waals surface area (Å²) in [6.07, 6.45) is 20.5. The number of hydrogen-bond donors (Lipinski definition) is 1. The van der Waals surface area contributed by atoms with Crippen molar-refractivity contribution in [2.75, 3.05) is 41.3 Å². The minimum atomic E-state index is 0.610. The fourth-order valence-electron chi connectivity index (χ4n) is 2.63. The first-order chi connectivity index (χ1) is 21.1. The maximum Gasteiger partial charge on any atom is 0.115 e. The van der Waals surface area contributed by atoms with Gasteiger partial charge in [-0.3, -0.25) is 4.98 Å². The molecule has 0 saturated heterocycles. The molecule has 0 aliphatic carbocycles. The summed E-state index contributed by atoms with van der Waals surface area (Å²) >= 11 is 6.32. The first-order valence-corrected chi connectivity index (χ1v) is 15.8. The molecular formula is C37H63ClN6. The molecule has 3 aromatic heterocycles. The number of halogens is 1. The van der Waals surface area contributed by atoms with Gasteiger partial charge in [0.15, 0.2) is 0 Å². The standard InChI is InChI=1S/C16H13ClN4.C5H13N.C5H8.C4H8.C3H9N.2C2H6/c1-3-10(2)4-11-7-20-16-14(11)13(17)8-21-15(16)12-5-18-9-19-6-12;1-4-6(3)5-2;1-3-5-4-2;1-3-4-2;1-4(2)3;2*1-2/h3,5-9,20H,1-2,4H2;4-5H2,1-3H3;3-5H,1H2,2H3;3-4H,1-2H3;1-3H3;2*1-2H3/b;;5-4+;4-3-;;;. The second-order valence-corrected chi connectivity index (χ2v) is 9.35. The van der Waals surface area contributed by atoms with E-state index in [0.717, 1.165) is 46.4 Å². The minimum absolute atomic E-state index is 0.610. The quantitative estimate of drug-likeness (QED) is 0.209. The average Bonchev–Trinajstić information content (AvgIpc) is 3.48. The van der Waals surface area contributed by atoms with Gasteiger partial charge in [-0.1, -0.05) is 115 Å². The molecule has 1 N–H and O–H groups in total. The summed E-state index contributed by atoms with van der Waals surface area (Å²) in [6.45, 7) is 31.8. The highest BCUT2D eigenvalue weighted by molar-refractivity contribution is 6.36. The molecule has 3 rings (SSSR count). The van der Waals surface area contributed by atoms with Crippen LogP contribution in [0.3, 0.4) is 0 Å². The van der Waals surface area contributed by atoms with Crippen LogP contribution < -0.4 is 0 Å². The average molecular weight is 627 g/mol. The monoisotopic (exact) mass is 626 g/mol. The summed E-state index contributed by atoms with van der Waals surface area (Å²) in [4.78, 5) is 20.0. The van der Waals surface area contributed by atoms with E-state index in [9.17, 15) is 0 Å². The first-order valence-electron chi connectivity index (χ1n) is 15.4. The number of H-pyrrole nitrogens is 1. The molecule has 0 fully saturated rings. The molecule has 3 heterocycles. The van der Waals surface area contributed by atoms with E-state index < -0.39 is 0 Å². The maximum absolute atomic E-state index is 6.32. The summed E-state index contributed by atoms with van der Waals surface area (Å²) < 4.78 is 0. The van der Waals surface area contributed by atoms with Gasteiger partial charge in [-0.05, 0) is 74.0 Å². The lowest BCUT2D eigenvalue weighted by Gasteiger charge is -2.07. The molecule has 248 valence electrons. The lowest BCUT2D eigenvalue weighted by molar-refractivity contribution is 0.373. The van der Waals surface area contributed by atoms with Crippen molar-refractivity contribution in [2.45, 2.75) is 68.7 Å². The second kappa shape index (κ2) is 34.2. The second-order valence-electron chi connectivity index (χ2n) is 8.94. The zero-order valence-corrected chi connectivity index (χ0v) is 31.0. The molecule has 0 amide bonds. The molecule has 6 nitrogen and oxygen atoms in total. The molecule has 0 aromatic carbocycles. The Morgan fingerprint density at radius 2 is 1.39 bits per heavy atom. The van der Waals surface area contributed by atoms with E-state index in [0.29, 0.717) is 11.4 Å². The van der Waals surface area contributed by atoms with Gasteiger partial charge >= 0.3 is 0 Å². The van der Waals surface area contributed by atoms with Crippen LogP contribution in [0.1, 0.15) is 67.9 Å². The molecule has 0 aliphatic rings. The Morgan fingerprint density at radius 3 is 1.73 bits per heavy atom. The molecule has 44 heavy (non-hydrogen) atoms. The molecule has 0 radical (unpaired) electrons.